The number of benzene rings is 1. The summed E-state index contributed by atoms with van der Waals surface area (Å²) in [6.07, 6.45) is 0. The minimum absolute atomic E-state index is 0.0589. The average Bonchev–Trinajstić information content (AvgIpc) is 2.97. The quantitative estimate of drug-likeness (QED) is 0.905. The molecule has 1 amide bonds. The van der Waals surface area contributed by atoms with Gasteiger partial charge in [-0.15, -0.1) is 0 Å². The second kappa shape index (κ2) is 7.35. The number of hydrogen-bond donors (Lipinski definition) is 1. The summed E-state index contributed by atoms with van der Waals surface area (Å²) in [4.78, 5) is 16.2. The van der Waals surface area contributed by atoms with E-state index in [1.165, 1.54) is 6.07 Å². The van der Waals surface area contributed by atoms with E-state index in [0.717, 1.165) is 11.4 Å². The Morgan fingerprint density at radius 1 is 1.24 bits per heavy atom. The number of aromatic nitrogens is 2. The molecule has 0 fully saturated rings. The van der Waals surface area contributed by atoms with Crippen molar-refractivity contribution in [1.82, 2.24) is 20.0 Å². The minimum Gasteiger partial charge on any atom is -0.338 e. The lowest BCUT2D eigenvalue weighted by atomic mass is 9.92. The van der Waals surface area contributed by atoms with E-state index in [1.807, 2.05) is 6.07 Å². The highest BCUT2D eigenvalue weighted by molar-refractivity contribution is 5.83. The standard InChI is InChI=1S/C19H27FN4O/c1-19(2,3)16-11-13(21-22-16)12-24(6)18(25)17(23(4)5)14-9-7-8-10-15(14)20/h7-11,17H,12H2,1-6H3,(H,21,22). The van der Waals surface area contributed by atoms with Crippen LogP contribution in [-0.4, -0.2) is 47.0 Å². The zero-order valence-corrected chi connectivity index (χ0v) is 15.8. The predicted molar refractivity (Wildman–Crippen MR) is 96.6 cm³/mol. The Balaban J connectivity index is 2.19. The van der Waals surface area contributed by atoms with Crippen LogP contribution in [0, 0.1) is 5.82 Å². The van der Waals surface area contributed by atoms with Gasteiger partial charge in [0.15, 0.2) is 0 Å². The SMILES string of the molecule is CN(Cc1cc(C(C)(C)C)n[nH]1)C(=O)C(c1ccccc1F)N(C)C. The van der Waals surface area contributed by atoms with Gasteiger partial charge in [0.2, 0.25) is 5.91 Å². The van der Waals surface area contributed by atoms with E-state index >= 15 is 0 Å². The highest BCUT2D eigenvalue weighted by atomic mass is 19.1. The van der Waals surface area contributed by atoms with Gasteiger partial charge in [-0.3, -0.25) is 14.8 Å². The first-order valence-corrected chi connectivity index (χ1v) is 8.32. The number of nitrogens with one attached hydrogen (secondary N) is 1. The van der Waals surface area contributed by atoms with Crippen LogP contribution >= 0.6 is 0 Å². The molecule has 1 aromatic heterocycles. The van der Waals surface area contributed by atoms with Gasteiger partial charge in [0.1, 0.15) is 11.9 Å². The van der Waals surface area contributed by atoms with Crippen molar-refractivity contribution in [2.24, 2.45) is 0 Å². The van der Waals surface area contributed by atoms with Crippen molar-refractivity contribution in [2.75, 3.05) is 21.1 Å². The molecule has 25 heavy (non-hydrogen) atoms. The van der Waals surface area contributed by atoms with E-state index in [2.05, 4.69) is 31.0 Å². The normalized spacial score (nSPS) is 13.1. The van der Waals surface area contributed by atoms with Gasteiger partial charge < -0.3 is 4.90 Å². The summed E-state index contributed by atoms with van der Waals surface area (Å²) in [7, 11) is 5.27. The van der Waals surface area contributed by atoms with Crippen LogP contribution in [0.15, 0.2) is 30.3 Å². The van der Waals surface area contributed by atoms with Gasteiger partial charge in [-0.05, 0) is 26.2 Å². The summed E-state index contributed by atoms with van der Waals surface area (Å²) in [6.45, 7) is 6.65. The van der Waals surface area contributed by atoms with Crippen molar-refractivity contribution >= 4 is 5.91 Å². The fourth-order valence-electron chi connectivity index (χ4n) is 2.70. The maximum Gasteiger partial charge on any atom is 0.244 e. The molecule has 0 aliphatic carbocycles. The predicted octanol–water partition coefficient (Wildman–Crippen LogP) is 3.11. The zero-order chi connectivity index (χ0) is 18.8. The van der Waals surface area contributed by atoms with Gasteiger partial charge >= 0.3 is 0 Å². The molecule has 0 aliphatic rings. The first-order valence-electron chi connectivity index (χ1n) is 8.32. The molecular formula is C19H27FN4O. The van der Waals surface area contributed by atoms with Crippen molar-refractivity contribution in [3.05, 3.63) is 53.1 Å². The second-order valence-corrected chi connectivity index (χ2v) is 7.61. The summed E-state index contributed by atoms with van der Waals surface area (Å²) in [6, 6.07) is 7.70. The fourth-order valence-corrected chi connectivity index (χ4v) is 2.70. The molecule has 0 radical (unpaired) electrons. The van der Waals surface area contributed by atoms with E-state index in [1.54, 1.807) is 49.1 Å². The molecule has 0 bridgehead atoms. The first-order chi connectivity index (χ1) is 11.6. The Morgan fingerprint density at radius 2 is 1.88 bits per heavy atom. The maximum atomic E-state index is 14.2. The van der Waals surface area contributed by atoms with Gasteiger partial charge in [-0.1, -0.05) is 39.0 Å². The number of carbonyl (C=O) groups excluding carboxylic acids is 1. The van der Waals surface area contributed by atoms with Crippen LogP contribution in [-0.2, 0) is 16.8 Å². The number of H-pyrrole nitrogens is 1. The molecule has 1 heterocycles. The van der Waals surface area contributed by atoms with Gasteiger partial charge in [-0.25, -0.2) is 4.39 Å². The van der Waals surface area contributed by atoms with Crippen LogP contribution in [0.2, 0.25) is 0 Å². The number of rotatable bonds is 5. The third-order valence-corrected chi connectivity index (χ3v) is 4.13. The molecule has 1 N–H and O–H groups in total. The zero-order valence-electron chi connectivity index (χ0n) is 15.8. The monoisotopic (exact) mass is 346 g/mol. The van der Waals surface area contributed by atoms with Gasteiger partial charge in [0, 0.05) is 18.0 Å². The topological polar surface area (TPSA) is 52.2 Å². The molecule has 1 aromatic carbocycles. The smallest absolute Gasteiger partial charge is 0.244 e. The molecule has 136 valence electrons. The highest BCUT2D eigenvalue weighted by Crippen LogP contribution is 2.25. The van der Waals surface area contributed by atoms with Gasteiger partial charge in [-0.2, -0.15) is 5.10 Å². The molecule has 5 nitrogen and oxygen atoms in total. The highest BCUT2D eigenvalue weighted by Gasteiger charge is 2.28. The summed E-state index contributed by atoms with van der Waals surface area (Å²) in [5.74, 6) is -0.540. The van der Waals surface area contributed by atoms with Crippen molar-refractivity contribution in [2.45, 2.75) is 38.8 Å². The van der Waals surface area contributed by atoms with E-state index in [-0.39, 0.29) is 17.1 Å². The molecule has 0 saturated heterocycles. The van der Waals surface area contributed by atoms with Crippen LogP contribution in [0.1, 0.15) is 43.8 Å². The van der Waals surface area contributed by atoms with Crippen molar-refractivity contribution in [1.29, 1.82) is 0 Å². The lowest BCUT2D eigenvalue weighted by Crippen LogP contribution is -2.38. The molecular weight excluding hydrogens is 319 g/mol. The summed E-state index contributed by atoms with van der Waals surface area (Å²) in [5, 5.41) is 7.30. The Kier molecular flexibility index (Phi) is 5.62. The average molecular weight is 346 g/mol. The molecule has 1 unspecified atom stereocenters. The Bertz CT molecular complexity index is 733. The first kappa shape index (κ1) is 19.1. The fraction of sp³-hybridized carbons (Fsp3) is 0.474. The van der Waals surface area contributed by atoms with E-state index in [0.29, 0.717) is 12.1 Å². The maximum absolute atomic E-state index is 14.2. The summed E-state index contributed by atoms with van der Waals surface area (Å²) >= 11 is 0. The van der Waals surface area contributed by atoms with E-state index in [9.17, 15) is 9.18 Å². The van der Waals surface area contributed by atoms with E-state index in [4.69, 9.17) is 0 Å². The van der Waals surface area contributed by atoms with Crippen LogP contribution in [0.3, 0.4) is 0 Å². The summed E-state index contributed by atoms with van der Waals surface area (Å²) in [5.41, 5.74) is 2.12. The van der Waals surface area contributed by atoms with Gasteiger partial charge in [0.05, 0.1) is 17.9 Å². The number of nitrogens with zero attached hydrogens (tertiary/aromatic N) is 3. The third-order valence-electron chi connectivity index (χ3n) is 4.13. The molecule has 0 spiro atoms. The molecule has 2 aromatic rings. The largest absolute Gasteiger partial charge is 0.338 e. The number of carbonyl (C=O) groups is 1. The molecule has 0 aliphatic heterocycles. The molecule has 0 saturated carbocycles. The lowest BCUT2D eigenvalue weighted by molar-refractivity contribution is -0.135. The van der Waals surface area contributed by atoms with Crippen molar-refractivity contribution in [3.63, 3.8) is 0 Å². The van der Waals surface area contributed by atoms with Crippen molar-refractivity contribution in [3.8, 4) is 0 Å². The van der Waals surface area contributed by atoms with Gasteiger partial charge in [0.25, 0.3) is 0 Å². The van der Waals surface area contributed by atoms with Crippen molar-refractivity contribution < 1.29 is 9.18 Å². The Labute approximate surface area is 148 Å². The number of aromatic amines is 1. The lowest BCUT2D eigenvalue weighted by Gasteiger charge is -2.28. The molecule has 1 atom stereocenters. The number of hydrogen-bond acceptors (Lipinski definition) is 3. The molecule has 6 heteroatoms. The van der Waals surface area contributed by atoms with Crippen LogP contribution < -0.4 is 0 Å². The Hall–Kier alpha value is -2.21. The number of halogens is 1. The number of likely N-dealkylation sites (N-methyl/N-ethyl adjacent to an activating group) is 2. The third kappa shape index (κ3) is 4.45. The summed E-state index contributed by atoms with van der Waals surface area (Å²) < 4.78 is 14.2. The second-order valence-electron chi connectivity index (χ2n) is 7.61. The Morgan fingerprint density at radius 3 is 2.40 bits per heavy atom. The minimum atomic E-state index is -0.670. The van der Waals surface area contributed by atoms with Crippen LogP contribution in [0.4, 0.5) is 4.39 Å². The van der Waals surface area contributed by atoms with Crippen LogP contribution in [0.25, 0.3) is 0 Å². The molecule has 2 rings (SSSR count). The van der Waals surface area contributed by atoms with Crippen LogP contribution in [0.5, 0.6) is 0 Å². The van der Waals surface area contributed by atoms with E-state index < -0.39 is 6.04 Å². The number of amides is 1.